The van der Waals surface area contributed by atoms with Gasteiger partial charge in [0, 0.05) is 22.2 Å². The number of halogens is 1. The normalized spacial score (nSPS) is 15.7. The van der Waals surface area contributed by atoms with Gasteiger partial charge < -0.3 is 9.64 Å². The Morgan fingerprint density at radius 3 is 2.62 bits per heavy atom. The largest absolute Gasteiger partial charge is 0.497 e. The van der Waals surface area contributed by atoms with E-state index in [1.54, 1.807) is 18.4 Å². The number of anilines is 2. The Balaban J connectivity index is 1.78. The van der Waals surface area contributed by atoms with E-state index >= 15 is 0 Å². The van der Waals surface area contributed by atoms with Crippen molar-refractivity contribution in [3.63, 3.8) is 0 Å². The summed E-state index contributed by atoms with van der Waals surface area (Å²) in [7, 11) is 1.68. The van der Waals surface area contributed by atoms with Gasteiger partial charge in [0.15, 0.2) is 0 Å². The van der Waals surface area contributed by atoms with Crippen molar-refractivity contribution >= 4 is 44.7 Å². The third kappa shape index (κ3) is 2.96. The molecule has 0 saturated heterocycles. The molecule has 0 radical (unpaired) electrons. The molecule has 2 aromatic heterocycles. The van der Waals surface area contributed by atoms with Gasteiger partial charge in [-0.15, -0.1) is 11.3 Å². The molecular weight excluding hydrogens is 402 g/mol. The zero-order valence-electron chi connectivity index (χ0n) is 16.4. The topological polar surface area (TPSA) is 38.3 Å². The lowest BCUT2D eigenvalue weighted by Crippen LogP contribution is -2.25. The van der Waals surface area contributed by atoms with Crippen molar-refractivity contribution in [3.8, 4) is 16.9 Å². The van der Waals surface area contributed by atoms with Crippen molar-refractivity contribution in [3.05, 3.63) is 64.3 Å². The number of methoxy groups -OCH3 is 1. The average molecular weight is 422 g/mol. The smallest absolute Gasteiger partial charge is 0.225 e. The van der Waals surface area contributed by atoms with Crippen LogP contribution in [0.1, 0.15) is 17.4 Å². The maximum absolute atomic E-state index is 6.37. The van der Waals surface area contributed by atoms with E-state index in [2.05, 4.69) is 60.1 Å². The lowest BCUT2D eigenvalue weighted by molar-refractivity contribution is 0.415. The fraction of sp³-hybridized carbons (Fsp3) is 0.217. The van der Waals surface area contributed by atoms with Crippen molar-refractivity contribution in [2.24, 2.45) is 0 Å². The summed E-state index contributed by atoms with van der Waals surface area (Å²) in [5.41, 5.74) is 4.82. The summed E-state index contributed by atoms with van der Waals surface area (Å²) >= 11 is 8.03. The van der Waals surface area contributed by atoms with Crippen molar-refractivity contribution in [2.45, 2.75) is 26.3 Å². The van der Waals surface area contributed by atoms with Crippen molar-refractivity contribution in [1.82, 2.24) is 9.97 Å². The van der Waals surface area contributed by atoms with E-state index in [0.717, 1.165) is 39.3 Å². The van der Waals surface area contributed by atoms with Gasteiger partial charge in [-0.25, -0.2) is 4.98 Å². The Morgan fingerprint density at radius 2 is 1.86 bits per heavy atom. The van der Waals surface area contributed by atoms with Gasteiger partial charge in [0.25, 0.3) is 0 Å². The van der Waals surface area contributed by atoms with Gasteiger partial charge in [-0.05, 0) is 61.2 Å². The number of benzene rings is 2. The molecule has 6 heteroatoms. The molecule has 0 saturated carbocycles. The predicted octanol–water partition coefficient (Wildman–Crippen LogP) is 6.41. The van der Waals surface area contributed by atoms with E-state index in [1.807, 2.05) is 12.1 Å². The van der Waals surface area contributed by atoms with Crippen molar-refractivity contribution < 1.29 is 4.74 Å². The number of ether oxygens (including phenoxy) is 1. The molecule has 0 aliphatic carbocycles. The monoisotopic (exact) mass is 421 g/mol. The van der Waals surface area contributed by atoms with Crippen LogP contribution in [-0.2, 0) is 6.42 Å². The predicted molar refractivity (Wildman–Crippen MR) is 121 cm³/mol. The van der Waals surface area contributed by atoms with Crippen LogP contribution in [0.4, 0.5) is 11.5 Å². The first-order valence-corrected chi connectivity index (χ1v) is 10.7. The molecule has 5 rings (SSSR count). The van der Waals surface area contributed by atoms with Crippen LogP contribution in [0, 0.1) is 6.92 Å². The molecule has 1 atom stereocenters. The molecule has 0 N–H and O–H groups in total. The van der Waals surface area contributed by atoms with E-state index < -0.39 is 0 Å². The number of fused-ring (bicyclic) bond motifs is 2. The second kappa shape index (κ2) is 7.01. The molecule has 1 aliphatic rings. The number of rotatable bonds is 3. The van der Waals surface area contributed by atoms with Crippen LogP contribution in [0.5, 0.6) is 5.75 Å². The highest BCUT2D eigenvalue weighted by atomic mass is 35.5. The summed E-state index contributed by atoms with van der Waals surface area (Å²) < 4.78 is 5.33. The first-order chi connectivity index (χ1) is 14.1. The summed E-state index contributed by atoms with van der Waals surface area (Å²) in [6.45, 7) is 4.36. The number of hydrogen-bond acceptors (Lipinski definition) is 5. The zero-order valence-corrected chi connectivity index (χ0v) is 18.0. The SMILES string of the molecule is COc1ccc(-c2c(C)sc3nc(Cl)nc(N4c5ccccc5CC4C)c23)cc1. The number of hydrogen-bond donors (Lipinski definition) is 0. The number of aromatic nitrogens is 2. The number of para-hydroxylation sites is 1. The standard InChI is InChI=1S/C23H20ClN3OS/c1-13-12-16-6-4-5-7-18(16)27(13)21-20-19(15-8-10-17(28-3)11-9-15)14(2)29-22(20)26-23(24)25-21/h4-11,13H,12H2,1-3H3. The van der Waals surface area contributed by atoms with Crippen LogP contribution in [0.3, 0.4) is 0 Å². The average Bonchev–Trinajstić information content (AvgIpc) is 3.22. The summed E-state index contributed by atoms with van der Waals surface area (Å²) in [5.74, 6) is 1.72. The number of nitrogens with zero attached hydrogens (tertiary/aromatic N) is 3. The van der Waals surface area contributed by atoms with Crippen LogP contribution >= 0.6 is 22.9 Å². The molecule has 1 aliphatic heterocycles. The number of thiophene rings is 1. The van der Waals surface area contributed by atoms with Gasteiger partial charge in [-0.1, -0.05) is 30.3 Å². The fourth-order valence-electron chi connectivity index (χ4n) is 4.24. The molecule has 29 heavy (non-hydrogen) atoms. The molecule has 1 unspecified atom stereocenters. The third-order valence-electron chi connectivity index (χ3n) is 5.50. The minimum absolute atomic E-state index is 0.284. The molecule has 0 fully saturated rings. The lowest BCUT2D eigenvalue weighted by atomic mass is 10.0. The first kappa shape index (κ1) is 18.4. The van der Waals surface area contributed by atoms with E-state index in [1.165, 1.54) is 16.1 Å². The highest BCUT2D eigenvalue weighted by molar-refractivity contribution is 7.19. The lowest BCUT2D eigenvalue weighted by Gasteiger charge is -2.25. The highest BCUT2D eigenvalue weighted by Gasteiger charge is 2.31. The minimum Gasteiger partial charge on any atom is -0.497 e. The molecule has 0 spiro atoms. The Bertz CT molecular complexity index is 1220. The molecule has 3 heterocycles. The Kier molecular flexibility index (Phi) is 4.45. The van der Waals surface area contributed by atoms with Gasteiger partial charge in [-0.3, -0.25) is 0 Å². The van der Waals surface area contributed by atoms with Crippen LogP contribution in [0.15, 0.2) is 48.5 Å². The molecule has 2 aromatic carbocycles. The van der Waals surface area contributed by atoms with Crippen LogP contribution in [0.25, 0.3) is 21.3 Å². The number of aryl methyl sites for hydroxylation is 1. The Hall–Kier alpha value is -2.63. The quantitative estimate of drug-likeness (QED) is 0.358. The maximum atomic E-state index is 6.37. The second-order valence-corrected chi connectivity index (χ2v) is 8.85. The summed E-state index contributed by atoms with van der Waals surface area (Å²) in [6, 6.07) is 17.0. The van der Waals surface area contributed by atoms with E-state index in [9.17, 15) is 0 Å². The van der Waals surface area contributed by atoms with Crippen molar-refractivity contribution in [2.75, 3.05) is 12.0 Å². The summed E-state index contributed by atoms with van der Waals surface area (Å²) in [4.78, 5) is 13.7. The first-order valence-electron chi connectivity index (χ1n) is 9.55. The minimum atomic E-state index is 0.284. The van der Waals surface area contributed by atoms with Crippen molar-refractivity contribution in [1.29, 1.82) is 0 Å². The second-order valence-electron chi connectivity index (χ2n) is 7.31. The molecule has 146 valence electrons. The molecule has 4 nitrogen and oxygen atoms in total. The van der Waals surface area contributed by atoms with Crippen LogP contribution in [0.2, 0.25) is 5.28 Å². The van der Waals surface area contributed by atoms with E-state index in [0.29, 0.717) is 6.04 Å². The van der Waals surface area contributed by atoms with Crippen LogP contribution in [-0.4, -0.2) is 23.1 Å². The molecular formula is C23H20ClN3OS. The molecule has 0 amide bonds. The summed E-state index contributed by atoms with van der Waals surface area (Å²) in [5, 5.41) is 1.34. The molecule has 0 bridgehead atoms. The van der Waals surface area contributed by atoms with Gasteiger partial charge in [0.1, 0.15) is 16.4 Å². The Morgan fingerprint density at radius 1 is 1.10 bits per heavy atom. The van der Waals surface area contributed by atoms with E-state index in [4.69, 9.17) is 21.3 Å². The van der Waals surface area contributed by atoms with E-state index in [-0.39, 0.29) is 5.28 Å². The third-order valence-corrected chi connectivity index (χ3v) is 6.66. The van der Waals surface area contributed by atoms with Gasteiger partial charge in [-0.2, -0.15) is 4.98 Å². The fourth-order valence-corrected chi connectivity index (χ4v) is 5.49. The van der Waals surface area contributed by atoms with Gasteiger partial charge in [0.2, 0.25) is 5.28 Å². The highest BCUT2D eigenvalue weighted by Crippen LogP contribution is 2.46. The van der Waals surface area contributed by atoms with Crippen LogP contribution < -0.4 is 9.64 Å². The molecule has 4 aromatic rings. The van der Waals surface area contributed by atoms with Gasteiger partial charge >= 0.3 is 0 Å². The Labute approximate surface area is 178 Å². The van der Waals surface area contributed by atoms with Gasteiger partial charge in [0.05, 0.1) is 12.5 Å². The maximum Gasteiger partial charge on any atom is 0.225 e. The summed E-state index contributed by atoms with van der Waals surface area (Å²) in [6.07, 6.45) is 0.986. The zero-order chi connectivity index (χ0) is 20.1.